The Balaban J connectivity index is 2.07. The van der Waals surface area contributed by atoms with Crippen LogP contribution < -0.4 is 0 Å². The lowest BCUT2D eigenvalue weighted by Gasteiger charge is -2.29. The van der Waals surface area contributed by atoms with Gasteiger partial charge in [0.2, 0.25) is 0 Å². The predicted octanol–water partition coefficient (Wildman–Crippen LogP) is 3.80. The Labute approximate surface area is 191 Å². The SMILES string of the molecule is CCCC[C@H](CC(=O)[C@@H](Cc1ccccc1)OC(C)=O)[C@H](O)C(=O)C[C@H]1CCCC[C@@H]1O. The molecule has 0 bridgehead atoms. The van der Waals surface area contributed by atoms with Gasteiger partial charge >= 0.3 is 5.97 Å². The number of aliphatic hydroxyl groups excluding tert-OH is 2. The molecular weight excluding hydrogens is 408 g/mol. The topological polar surface area (TPSA) is 101 Å². The zero-order chi connectivity index (χ0) is 23.5. The number of carbonyl (C=O) groups excluding carboxylic acids is 3. The van der Waals surface area contributed by atoms with Gasteiger partial charge in [0.15, 0.2) is 17.7 Å². The molecule has 0 aliphatic heterocycles. The van der Waals surface area contributed by atoms with E-state index in [-0.39, 0.29) is 36.7 Å². The lowest BCUT2D eigenvalue weighted by atomic mass is 9.80. The summed E-state index contributed by atoms with van der Waals surface area (Å²) < 4.78 is 5.31. The van der Waals surface area contributed by atoms with Gasteiger partial charge in [-0.1, -0.05) is 62.9 Å². The number of benzene rings is 1. The molecule has 1 aromatic carbocycles. The Kier molecular flexibility index (Phi) is 11.0. The first-order valence-electron chi connectivity index (χ1n) is 11.9. The molecule has 0 spiro atoms. The van der Waals surface area contributed by atoms with Gasteiger partial charge in [0.05, 0.1) is 6.10 Å². The molecule has 1 aliphatic rings. The van der Waals surface area contributed by atoms with E-state index in [4.69, 9.17) is 4.74 Å². The average molecular weight is 447 g/mol. The number of ether oxygens (including phenoxy) is 1. The minimum Gasteiger partial charge on any atom is -0.454 e. The summed E-state index contributed by atoms with van der Waals surface area (Å²) in [5.41, 5.74) is 0.875. The number of esters is 1. The Bertz CT molecular complexity index is 731. The van der Waals surface area contributed by atoms with Crippen molar-refractivity contribution in [1.82, 2.24) is 0 Å². The first kappa shape index (κ1) is 26.2. The molecule has 1 aliphatic carbocycles. The molecule has 1 saturated carbocycles. The van der Waals surface area contributed by atoms with E-state index in [9.17, 15) is 24.6 Å². The first-order chi connectivity index (χ1) is 15.3. The van der Waals surface area contributed by atoms with Crippen LogP contribution in [0.4, 0.5) is 0 Å². The van der Waals surface area contributed by atoms with Crippen molar-refractivity contribution in [2.45, 2.75) is 96.4 Å². The van der Waals surface area contributed by atoms with E-state index in [0.717, 1.165) is 37.7 Å². The van der Waals surface area contributed by atoms with E-state index in [2.05, 4.69) is 0 Å². The van der Waals surface area contributed by atoms with Gasteiger partial charge in [-0.2, -0.15) is 0 Å². The van der Waals surface area contributed by atoms with Crippen molar-refractivity contribution >= 4 is 17.5 Å². The van der Waals surface area contributed by atoms with E-state index in [1.807, 2.05) is 37.3 Å². The summed E-state index contributed by atoms with van der Waals surface area (Å²) in [5.74, 6) is -1.77. The fourth-order valence-corrected chi connectivity index (χ4v) is 4.55. The van der Waals surface area contributed by atoms with Crippen LogP contribution >= 0.6 is 0 Å². The molecule has 0 unspecified atom stereocenters. The molecular formula is C26H38O6. The summed E-state index contributed by atoms with van der Waals surface area (Å²) in [4.78, 5) is 37.5. The zero-order valence-electron chi connectivity index (χ0n) is 19.4. The number of hydrogen-bond acceptors (Lipinski definition) is 6. The molecule has 0 heterocycles. The summed E-state index contributed by atoms with van der Waals surface area (Å²) in [6.07, 6.45) is 3.29. The van der Waals surface area contributed by atoms with Gasteiger partial charge in [-0.05, 0) is 36.7 Å². The summed E-state index contributed by atoms with van der Waals surface area (Å²) in [6.45, 7) is 3.29. The minimum atomic E-state index is -1.26. The van der Waals surface area contributed by atoms with Crippen molar-refractivity contribution in [3.05, 3.63) is 35.9 Å². The molecule has 0 saturated heterocycles. The number of carbonyl (C=O) groups is 3. The van der Waals surface area contributed by atoms with Crippen LogP contribution in [-0.4, -0.2) is 46.1 Å². The molecule has 2 N–H and O–H groups in total. The second kappa shape index (κ2) is 13.5. The highest BCUT2D eigenvalue weighted by molar-refractivity contribution is 5.88. The second-order valence-corrected chi connectivity index (χ2v) is 9.09. The largest absolute Gasteiger partial charge is 0.454 e. The van der Waals surface area contributed by atoms with Gasteiger partial charge in [-0.15, -0.1) is 0 Å². The number of aliphatic hydroxyl groups is 2. The fourth-order valence-electron chi connectivity index (χ4n) is 4.55. The van der Waals surface area contributed by atoms with Crippen LogP contribution in [0.3, 0.4) is 0 Å². The van der Waals surface area contributed by atoms with Gasteiger partial charge < -0.3 is 14.9 Å². The third-order valence-corrected chi connectivity index (χ3v) is 6.43. The summed E-state index contributed by atoms with van der Waals surface area (Å²) >= 11 is 0. The van der Waals surface area contributed by atoms with Crippen molar-refractivity contribution in [2.75, 3.05) is 0 Å². The normalized spacial score (nSPS) is 21.4. The Morgan fingerprint density at radius 2 is 1.78 bits per heavy atom. The van der Waals surface area contributed by atoms with Crippen molar-refractivity contribution in [3.8, 4) is 0 Å². The molecule has 0 aromatic heterocycles. The molecule has 0 amide bonds. The highest BCUT2D eigenvalue weighted by Crippen LogP contribution is 2.29. The molecule has 178 valence electrons. The quantitative estimate of drug-likeness (QED) is 0.447. The number of hydrogen-bond donors (Lipinski definition) is 2. The molecule has 5 atom stereocenters. The molecule has 1 fully saturated rings. The van der Waals surface area contributed by atoms with Crippen LogP contribution in [0.25, 0.3) is 0 Å². The van der Waals surface area contributed by atoms with Crippen molar-refractivity contribution in [1.29, 1.82) is 0 Å². The predicted molar refractivity (Wildman–Crippen MR) is 122 cm³/mol. The van der Waals surface area contributed by atoms with Crippen LogP contribution in [0.5, 0.6) is 0 Å². The van der Waals surface area contributed by atoms with Gasteiger partial charge in [0.25, 0.3) is 0 Å². The van der Waals surface area contributed by atoms with Crippen LogP contribution in [0, 0.1) is 11.8 Å². The molecule has 32 heavy (non-hydrogen) atoms. The number of unbranched alkanes of at least 4 members (excludes halogenated alkanes) is 1. The monoisotopic (exact) mass is 446 g/mol. The zero-order valence-corrected chi connectivity index (χ0v) is 19.4. The minimum absolute atomic E-state index is 0.0229. The third-order valence-electron chi connectivity index (χ3n) is 6.43. The number of rotatable bonds is 13. The van der Waals surface area contributed by atoms with E-state index in [0.29, 0.717) is 12.8 Å². The molecule has 2 rings (SSSR count). The highest BCUT2D eigenvalue weighted by Gasteiger charge is 2.34. The summed E-state index contributed by atoms with van der Waals surface area (Å²) in [6, 6.07) is 9.32. The van der Waals surface area contributed by atoms with Crippen molar-refractivity contribution in [2.24, 2.45) is 11.8 Å². The maximum atomic E-state index is 13.1. The van der Waals surface area contributed by atoms with Gasteiger partial charge in [0, 0.05) is 26.2 Å². The lowest BCUT2D eigenvalue weighted by Crippen LogP contribution is -2.38. The smallest absolute Gasteiger partial charge is 0.303 e. The van der Waals surface area contributed by atoms with E-state index < -0.39 is 30.2 Å². The van der Waals surface area contributed by atoms with Crippen molar-refractivity contribution in [3.63, 3.8) is 0 Å². The Hall–Kier alpha value is -2.05. The molecule has 1 aromatic rings. The molecule has 0 radical (unpaired) electrons. The van der Waals surface area contributed by atoms with E-state index in [1.165, 1.54) is 6.92 Å². The second-order valence-electron chi connectivity index (χ2n) is 9.09. The first-order valence-corrected chi connectivity index (χ1v) is 11.9. The van der Waals surface area contributed by atoms with Crippen LogP contribution in [-0.2, 0) is 25.5 Å². The molecule has 6 nitrogen and oxygen atoms in total. The maximum absolute atomic E-state index is 13.1. The van der Waals surface area contributed by atoms with Gasteiger partial charge in [-0.25, -0.2) is 0 Å². The average Bonchev–Trinajstić information content (AvgIpc) is 2.77. The number of Topliss-reactive ketones (excluding diaryl/α,β-unsaturated/α-hetero) is 2. The van der Waals surface area contributed by atoms with Crippen LogP contribution in [0.15, 0.2) is 30.3 Å². The fraction of sp³-hybridized carbons (Fsp3) is 0.654. The van der Waals surface area contributed by atoms with E-state index >= 15 is 0 Å². The van der Waals surface area contributed by atoms with E-state index in [1.54, 1.807) is 0 Å². The standard InChI is InChI=1S/C26H38O6/c1-3-4-12-21(26(31)24(30)16-20-13-8-9-14-22(20)28)17-23(29)25(32-18(2)27)15-19-10-6-5-7-11-19/h5-7,10-11,20-22,25-26,28,31H,3-4,8-9,12-17H2,1-2H3/t20-,21-,22+,25-,26+/m1/s1. The van der Waals surface area contributed by atoms with Crippen molar-refractivity contribution < 1.29 is 29.3 Å². The third kappa shape index (κ3) is 8.47. The molecule has 6 heteroatoms. The van der Waals surface area contributed by atoms with Gasteiger partial charge in [0.1, 0.15) is 6.10 Å². The van der Waals surface area contributed by atoms with Gasteiger partial charge in [-0.3, -0.25) is 14.4 Å². The summed E-state index contributed by atoms with van der Waals surface area (Å²) in [5, 5.41) is 21.0. The lowest BCUT2D eigenvalue weighted by molar-refractivity contribution is -0.154. The summed E-state index contributed by atoms with van der Waals surface area (Å²) in [7, 11) is 0. The number of ketones is 2. The Morgan fingerprint density at radius 1 is 1.09 bits per heavy atom. The Morgan fingerprint density at radius 3 is 2.41 bits per heavy atom. The van der Waals surface area contributed by atoms with Crippen LogP contribution in [0.1, 0.15) is 77.2 Å². The highest BCUT2D eigenvalue weighted by atomic mass is 16.5. The van der Waals surface area contributed by atoms with Crippen LogP contribution in [0.2, 0.25) is 0 Å². The maximum Gasteiger partial charge on any atom is 0.303 e.